The second kappa shape index (κ2) is 18.5. The van der Waals surface area contributed by atoms with Crippen LogP contribution in [-0.4, -0.2) is 108 Å². The minimum atomic E-state index is -4.39. The van der Waals surface area contributed by atoms with E-state index in [1.165, 1.54) is 30.5 Å². The zero-order chi connectivity index (χ0) is 44.6. The van der Waals surface area contributed by atoms with Gasteiger partial charge in [0.05, 0.1) is 41.0 Å². The summed E-state index contributed by atoms with van der Waals surface area (Å²) >= 11 is 0. The quantitative estimate of drug-likeness (QED) is 0.0855. The first-order valence-electron chi connectivity index (χ1n) is 23.7. The fourth-order valence-electron chi connectivity index (χ4n) is 11.2. The van der Waals surface area contributed by atoms with Gasteiger partial charge in [-0.05, 0) is 139 Å². The van der Waals surface area contributed by atoms with Crippen molar-refractivity contribution >= 4 is 0 Å². The number of alkyl halides is 3. The van der Waals surface area contributed by atoms with Gasteiger partial charge in [0.15, 0.2) is 11.5 Å². The molecule has 0 radical (unpaired) electrons. The van der Waals surface area contributed by atoms with Crippen molar-refractivity contribution in [2.75, 3.05) is 53.0 Å². The molecule has 2 aliphatic heterocycles. The van der Waals surface area contributed by atoms with Crippen molar-refractivity contribution in [1.29, 1.82) is 0 Å². The number of nitrogens with zero attached hydrogens (tertiary/aromatic N) is 2. The van der Waals surface area contributed by atoms with Gasteiger partial charge in [-0.3, -0.25) is 4.90 Å². The topological polar surface area (TPSA) is 95.9 Å². The molecule has 1 spiro atoms. The lowest BCUT2D eigenvalue weighted by Crippen LogP contribution is -2.78. The maximum Gasteiger partial charge on any atom is 0.416 e. The molecule has 9 nitrogen and oxygen atoms in total. The summed E-state index contributed by atoms with van der Waals surface area (Å²) < 4.78 is 65.8. The van der Waals surface area contributed by atoms with Crippen molar-refractivity contribution < 1.29 is 42.3 Å². The number of benzene rings is 3. The smallest absolute Gasteiger partial charge is 0.416 e. The van der Waals surface area contributed by atoms with Crippen LogP contribution >= 0.6 is 0 Å². The van der Waals surface area contributed by atoms with Gasteiger partial charge in [0.25, 0.3) is 0 Å². The number of ether oxygens (including phenoxy) is 4. The molecule has 2 saturated carbocycles. The number of rotatable bonds is 22. The maximum absolute atomic E-state index is 13.2. The Morgan fingerprint density at radius 3 is 2.32 bits per heavy atom. The van der Waals surface area contributed by atoms with E-state index in [1.54, 1.807) is 6.07 Å². The first-order chi connectivity index (χ1) is 30.1. The molecule has 8 rings (SSSR count). The Morgan fingerprint density at radius 1 is 0.905 bits per heavy atom. The number of hydrogen-bond donors (Lipinski definition) is 3. The molecule has 4 unspecified atom stereocenters. The molecule has 3 aliphatic carbocycles. The number of nitrogens with one attached hydrogen (secondary N) is 1. The van der Waals surface area contributed by atoms with E-state index in [-0.39, 0.29) is 41.2 Å². The number of phenols is 1. The first kappa shape index (κ1) is 46.2. The fraction of sp³-hybridized carbons (Fsp3) is 0.647. The highest BCUT2D eigenvalue weighted by atomic mass is 19.4. The standard InChI is InChI=1S/C51H70F3N3O6/c1-6-47(3,24-29-56(5)28-22-42(36-11-9-8-10-12-36)62-39-18-16-38(17-19-39)51(52,53)54)60-31-26-48(4,7-2)61-32-27-55-40-21-23-50(59)43-33-37-15-20-41(58)45-44(37)49(50,46(40)63-45)25-30-57(43)34-35-13-14-35/h8-12,15-20,35,40,42-43,46,55,58-59H,6-7,13-14,21-34H2,1-5H3/t40?,42?,43-,46+,47?,48?,49+,50-/m1/s1. The van der Waals surface area contributed by atoms with E-state index in [1.807, 2.05) is 30.3 Å². The molecule has 63 heavy (non-hydrogen) atoms. The van der Waals surface area contributed by atoms with Crippen LogP contribution < -0.4 is 14.8 Å². The highest BCUT2D eigenvalue weighted by molar-refractivity contribution is 5.62. The van der Waals surface area contributed by atoms with Gasteiger partial charge >= 0.3 is 6.18 Å². The molecule has 2 bridgehead atoms. The van der Waals surface area contributed by atoms with Crippen LogP contribution in [0.1, 0.15) is 120 Å². The summed E-state index contributed by atoms with van der Waals surface area (Å²) in [6.45, 7) is 14.0. The molecule has 3 aromatic rings. The van der Waals surface area contributed by atoms with Crippen molar-refractivity contribution in [3.05, 3.63) is 89.0 Å². The highest BCUT2D eigenvalue weighted by Crippen LogP contribution is 2.65. The van der Waals surface area contributed by atoms with Gasteiger partial charge in [0.1, 0.15) is 18.0 Å². The molecule has 0 aromatic heterocycles. The van der Waals surface area contributed by atoms with Gasteiger partial charge in [-0.1, -0.05) is 50.2 Å². The molecule has 3 aromatic carbocycles. The Morgan fingerprint density at radius 2 is 1.62 bits per heavy atom. The Hall–Kier alpha value is -3.39. The fourth-order valence-corrected chi connectivity index (χ4v) is 11.2. The number of piperidine rings is 1. The molecule has 5 aliphatic rings. The summed E-state index contributed by atoms with van der Waals surface area (Å²) in [5.41, 5.74) is 0.457. The van der Waals surface area contributed by atoms with Gasteiger partial charge in [0.2, 0.25) is 0 Å². The Kier molecular flexibility index (Phi) is 13.5. The third-order valence-electron chi connectivity index (χ3n) is 15.7. The Labute approximate surface area is 372 Å². The number of hydrogen-bond acceptors (Lipinski definition) is 9. The van der Waals surface area contributed by atoms with Crippen LogP contribution in [0.25, 0.3) is 0 Å². The van der Waals surface area contributed by atoms with Crippen molar-refractivity contribution in [2.45, 2.75) is 151 Å². The van der Waals surface area contributed by atoms with Crippen LogP contribution in [0.15, 0.2) is 66.7 Å². The number of aliphatic hydroxyl groups is 1. The van der Waals surface area contributed by atoms with E-state index < -0.39 is 22.8 Å². The molecular formula is C51H70F3N3O6. The minimum absolute atomic E-state index is 0.0256. The summed E-state index contributed by atoms with van der Waals surface area (Å²) in [6, 6.07) is 18.7. The van der Waals surface area contributed by atoms with Gasteiger partial charge in [-0.2, -0.15) is 13.2 Å². The molecule has 0 amide bonds. The third-order valence-corrected chi connectivity index (χ3v) is 15.7. The van der Waals surface area contributed by atoms with Crippen LogP contribution in [0.4, 0.5) is 13.2 Å². The van der Waals surface area contributed by atoms with E-state index in [9.17, 15) is 23.4 Å². The predicted molar refractivity (Wildman–Crippen MR) is 238 cm³/mol. The number of halogens is 3. The van der Waals surface area contributed by atoms with Gasteiger partial charge in [-0.15, -0.1) is 0 Å². The van der Waals surface area contributed by atoms with E-state index in [2.05, 4.69) is 55.9 Å². The van der Waals surface area contributed by atoms with Crippen molar-refractivity contribution in [3.63, 3.8) is 0 Å². The third kappa shape index (κ3) is 9.50. The summed E-state index contributed by atoms with van der Waals surface area (Å²) in [4.78, 5) is 4.84. The lowest BCUT2D eigenvalue weighted by atomic mass is 9.48. The second-order valence-corrected chi connectivity index (χ2v) is 19.8. The van der Waals surface area contributed by atoms with Gasteiger partial charge < -0.3 is 39.4 Å². The molecule has 3 fully saturated rings. The van der Waals surface area contributed by atoms with Crippen molar-refractivity contribution in [2.24, 2.45) is 5.92 Å². The zero-order valence-electron chi connectivity index (χ0n) is 38.0. The lowest BCUT2D eigenvalue weighted by molar-refractivity contribution is -0.192. The minimum Gasteiger partial charge on any atom is -0.504 e. The molecule has 8 atom stereocenters. The van der Waals surface area contributed by atoms with Crippen LogP contribution in [0.5, 0.6) is 17.2 Å². The van der Waals surface area contributed by atoms with Crippen LogP contribution in [0.3, 0.4) is 0 Å². The maximum atomic E-state index is 13.2. The van der Waals surface area contributed by atoms with Crippen LogP contribution in [-0.2, 0) is 27.5 Å². The second-order valence-electron chi connectivity index (χ2n) is 19.8. The first-order valence-corrected chi connectivity index (χ1v) is 23.7. The van der Waals surface area contributed by atoms with E-state index in [4.69, 9.17) is 18.9 Å². The Bertz CT molecular complexity index is 2000. The lowest BCUT2D eigenvalue weighted by Gasteiger charge is -2.64. The van der Waals surface area contributed by atoms with Crippen molar-refractivity contribution in [3.8, 4) is 17.2 Å². The molecule has 2 heterocycles. The number of phenolic OH excluding ortho intramolecular Hbond substituents is 1. The summed E-state index contributed by atoms with van der Waals surface area (Å²) in [5, 5.41) is 27.6. The predicted octanol–water partition coefficient (Wildman–Crippen LogP) is 9.23. The molecule has 346 valence electrons. The molecule has 3 N–H and O–H groups in total. The summed E-state index contributed by atoms with van der Waals surface area (Å²) in [5.74, 6) is 1.92. The number of aromatic hydroxyl groups is 1. The largest absolute Gasteiger partial charge is 0.504 e. The van der Waals surface area contributed by atoms with E-state index in [0.717, 1.165) is 100 Å². The van der Waals surface area contributed by atoms with Crippen molar-refractivity contribution in [1.82, 2.24) is 15.1 Å². The van der Waals surface area contributed by atoms with Crippen LogP contribution in [0.2, 0.25) is 0 Å². The van der Waals surface area contributed by atoms with E-state index in [0.29, 0.717) is 44.1 Å². The van der Waals surface area contributed by atoms with Gasteiger partial charge in [-0.25, -0.2) is 0 Å². The van der Waals surface area contributed by atoms with E-state index >= 15 is 0 Å². The average Bonchev–Trinajstić information content (AvgIpc) is 4.02. The zero-order valence-corrected chi connectivity index (χ0v) is 38.0. The summed E-state index contributed by atoms with van der Waals surface area (Å²) in [6.07, 6.45) is 4.73. The number of likely N-dealkylation sites (tertiary alicyclic amines) is 1. The van der Waals surface area contributed by atoms with Crippen LogP contribution in [0, 0.1) is 5.92 Å². The monoisotopic (exact) mass is 878 g/mol. The molecular weight excluding hydrogens is 808 g/mol. The Balaban J connectivity index is 0.803. The molecule has 12 heteroatoms. The molecule has 1 saturated heterocycles. The highest BCUT2D eigenvalue weighted by Gasteiger charge is 2.73. The normalized spacial score (nSPS) is 27.6. The summed E-state index contributed by atoms with van der Waals surface area (Å²) in [7, 11) is 2.09. The average molecular weight is 878 g/mol. The SMILES string of the molecule is CCC(C)(CCOC(C)(CC)CCN(C)CCC(Oc1ccc(C(F)(F)F)cc1)c1ccccc1)OCCNC1CC[C@@]2(O)[C@H]3Cc4ccc(O)c5c4[C@@]2(CCN3CC2CC2)[C@H]1O5. The van der Waals surface area contributed by atoms with Gasteiger partial charge in [0, 0.05) is 50.2 Å².